The largest absolute Gasteiger partial charge is 0.0843 e. The molecule has 0 amide bonds. The molecule has 94 valence electrons. The van der Waals surface area contributed by atoms with Gasteiger partial charge in [0.05, 0.1) is 4.83 Å². The van der Waals surface area contributed by atoms with Crippen molar-refractivity contribution in [2.45, 2.75) is 11.8 Å². The zero-order valence-corrected chi connectivity index (χ0v) is 14.2. The van der Waals surface area contributed by atoms with Crippen molar-refractivity contribution in [2.24, 2.45) is 0 Å². The Morgan fingerprint density at radius 1 is 1.06 bits per heavy atom. The van der Waals surface area contributed by atoms with Crippen LogP contribution >= 0.6 is 55.1 Å². The summed E-state index contributed by atoms with van der Waals surface area (Å²) in [6.45, 7) is 2.06. The van der Waals surface area contributed by atoms with E-state index >= 15 is 0 Å². The molecule has 2 aromatic rings. The maximum absolute atomic E-state index is 6.23. The van der Waals surface area contributed by atoms with Gasteiger partial charge in [-0.1, -0.05) is 73.3 Å². The van der Waals surface area contributed by atoms with Gasteiger partial charge in [-0.2, -0.15) is 0 Å². The van der Waals surface area contributed by atoms with Crippen LogP contribution in [0.3, 0.4) is 0 Å². The minimum Gasteiger partial charge on any atom is -0.0843 e. The number of benzene rings is 2. The van der Waals surface area contributed by atoms with Crippen LogP contribution in [0.25, 0.3) is 0 Å². The summed E-state index contributed by atoms with van der Waals surface area (Å²) in [5, 5.41) is 1.39. The molecule has 0 N–H and O–H groups in total. The summed E-state index contributed by atoms with van der Waals surface area (Å²) in [6, 6.07) is 11.6. The van der Waals surface area contributed by atoms with Gasteiger partial charge in [0.15, 0.2) is 0 Å². The first-order valence-corrected chi connectivity index (χ1v) is 7.81. The molecule has 0 bridgehead atoms. The zero-order chi connectivity index (χ0) is 13.3. The van der Waals surface area contributed by atoms with Gasteiger partial charge in [-0.3, -0.25) is 0 Å². The number of halogens is 4. The predicted molar refractivity (Wildman–Crippen MR) is 86.1 cm³/mol. The molecule has 0 aliphatic rings. The first-order valence-electron chi connectivity index (χ1n) is 5.34. The quantitative estimate of drug-likeness (QED) is 0.494. The predicted octanol–water partition coefficient (Wildman–Crippen LogP) is 6.55. The lowest BCUT2D eigenvalue weighted by molar-refractivity contribution is 1.15. The summed E-state index contributed by atoms with van der Waals surface area (Å²) < 4.78 is 1.09. The second kappa shape index (κ2) is 5.96. The molecule has 0 heterocycles. The van der Waals surface area contributed by atoms with Crippen LogP contribution in [0.2, 0.25) is 10.0 Å². The van der Waals surface area contributed by atoms with Crippen molar-refractivity contribution in [3.05, 3.63) is 67.6 Å². The fourth-order valence-corrected chi connectivity index (χ4v) is 3.84. The minimum absolute atomic E-state index is 0.0120. The molecule has 0 aromatic heterocycles. The van der Waals surface area contributed by atoms with Gasteiger partial charge in [0.1, 0.15) is 0 Å². The molecule has 0 radical (unpaired) electrons. The Balaban J connectivity index is 2.51. The fraction of sp³-hybridized carbons (Fsp3) is 0.143. The molecule has 1 atom stereocenters. The summed E-state index contributed by atoms with van der Waals surface area (Å²) in [4.78, 5) is 0.0120. The number of hydrogen-bond donors (Lipinski definition) is 0. The highest BCUT2D eigenvalue weighted by Gasteiger charge is 2.17. The summed E-state index contributed by atoms with van der Waals surface area (Å²) >= 11 is 19.6. The van der Waals surface area contributed by atoms with Gasteiger partial charge in [-0.05, 0) is 41.8 Å². The number of rotatable bonds is 2. The van der Waals surface area contributed by atoms with Crippen molar-refractivity contribution >= 4 is 55.1 Å². The molecule has 2 rings (SSSR count). The van der Waals surface area contributed by atoms with E-state index in [-0.39, 0.29) is 4.83 Å². The molecule has 1 unspecified atom stereocenters. The maximum atomic E-state index is 6.23. The van der Waals surface area contributed by atoms with Crippen LogP contribution in [0.15, 0.2) is 40.9 Å². The van der Waals surface area contributed by atoms with Crippen molar-refractivity contribution in [3.8, 4) is 0 Å². The molecule has 0 aliphatic heterocycles. The third-order valence-electron chi connectivity index (χ3n) is 2.73. The molecule has 0 nitrogen and oxygen atoms in total. The monoisotopic (exact) mass is 406 g/mol. The zero-order valence-electron chi connectivity index (χ0n) is 9.55. The summed E-state index contributed by atoms with van der Waals surface area (Å²) in [6.07, 6.45) is 0. The Bertz CT molecular complexity index is 580. The second-order valence-corrected chi connectivity index (χ2v) is 6.56. The molecule has 0 spiro atoms. The van der Waals surface area contributed by atoms with Crippen LogP contribution in [0.5, 0.6) is 0 Å². The van der Waals surface area contributed by atoms with Gasteiger partial charge in [0.2, 0.25) is 0 Å². The summed E-state index contributed by atoms with van der Waals surface area (Å²) in [7, 11) is 0. The Morgan fingerprint density at radius 3 is 2.50 bits per heavy atom. The number of hydrogen-bond acceptors (Lipinski definition) is 0. The van der Waals surface area contributed by atoms with E-state index in [1.54, 1.807) is 6.07 Å². The smallest absolute Gasteiger partial charge is 0.0670 e. The Kier molecular flexibility index (Phi) is 4.76. The van der Waals surface area contributed by atoms with Crippen LogP contribution in [0, 0.1) is 6.92 Å². The van der Waals surface area contributed by atoms with Gasteiger partial charge in [-0.25, -0.2) is 0 Å². The Hall–Kier alpha value is -0.0200. The Labute approximate surface area is 134 Å². The Morgan fingerprint density at radius 2 is 1.78 bits per heavy atom. The lowest BCUT2D eigenvalue weighted by Crippen LogP contribution is -1.96. The van der Waals surface area contributed by atoms with Crippen LogP contribution in [0.4, 0.5) is 0 Å². The van der Waals surface area contributed by atoms with Gasteiger partial charge >= 0.3 is 0 Å². The van der Waals surface area contributed by atoms with E-state index in [0.29, 0.717) is 10.0 Å². The molecule has 18 heavy (non-hydrogen) atoms. The normalized spacial score (nSPS) is 12.5. The van der Waals surface area contributed by atoms with Gasteiger partial charge in [0, 0.05) is 14.5 Å². The first kappa shape index (κ1) is 14.4. The minimum atomic E-state index is 0.0120. The van der Waals surface area contributed by atoms with Crippen molar-refractivity contribution in [1.82, 2.24) is 0 Å². The first-order chi connectivity index (χ1) is 8.50. The molecule has 4 heteroatoms. The van der Waals surface area contributed by atoms with E-state index in [1.165, 1.54) is 5.56 Å². The molecule has 2 aromatic carbocycles. The van der Waals surface area contributed by atoms with Crippen LogP contribution in [0.1, 0.15) is 21.5 Å². The lowest BCUT2D eigenvalue weighted by Gasteiger charge is -2.15. The van der Waals surface area contributed by atoms with E-state index in [4.69, 9.17) is 23.2 Å². The second-order valence-electron chi connectivity index (χ2n) is 4.01. The van der Waals surface area contributed by atoms with Crippen LogP contribution in [-0.2, 0) is 0 Å². The SMILES string of the molecule is Cc1cccc(C(Br)c2cc(Cl)ccc2Cl)c1Br. The van der Waals surface area contributed by atoms with Gasteiger partial charge in [-0.15, -0.1) is 0 Å². The van der Waals surface area contributed by atoms with Crippen molar-refractivity contribution in [1.29, 1.82) is 0 Å². The average Bonchev–Trinajstić information content (AvgIpc) is 2.35. The lowest BCUT2D eigenvalue weighted by atomic mass is 10.0. The molecular weight excluding hydrogens is 399 g/mol. The number of aryl methyl sites for hydroxylation is 1. The van der Waals surface area contributed by atoms with Crippen LogP contribution < -0.4 is 0 Å². The number of alkyl halides is 1. The third kappa shape index (κ3) is 2.93. The van der Waals surface area contributed by atoms with Gasteiger partial charge < -0.3 is 0 Å². The topological polar surface area (TPSA) is 0 Å². The van der Waals surface area contributed by atoms with Crippen molar-refractivity contribution in [3.63, 3.8) is 0 Å². The molecule has 0 aliphatic carbocycles. The van der Waals surface area contributed by atoms with E-state index in [2.05, 4.69) is 50.9 Å². The van der Waals surface area contributed by atoms with Gasteiger partial charge in [0.25, 0.3) is 0 Å². The highest BCUT2D eigenvalue weighted by atomic mass is 79.9. The summed E-state index contributed by atoms with van der Waals surface area (Å²) in [5.74, 6) is 0. The molecular formula is C14H10Br2Cl2. The van der Waals surface area contributed by atoms with Crippen LogP contribution in [-0.4, -0.2) is 0 Å². The molecule has 0 saturated heterocycles. The van der Waals surface area contributed by atoms with E-state index in [9.17, 15) is 0 Å². The summed E-state index contributed by atoms with van der Waals surface area (Å²) in [5.41, 5.74) is 3.30. The van der Waals surface area contributed by atoms with E-state index in [0.717, 1.165) is 15.6 Å². The van der Waals surface area contributed by atoms with E-state index in [1.807, 2.05) is 18.2 Å². The standard InChI is InChI=1S/C14H10Br2Cl2/c1-8-3-2-4-10(13(8)15)14(16)11-7-9(17)5-6-12(11)18/h2-7,14H,1H3. The molecule has 0 fully saturated rings. The maximum Gasteiger partial charge on any atom is 0.0670 e. The van der Waals surface area contributed by atoms with Crippen molar-refractivity contribution < 1.29 is 0 Å². The fourth-order valence-electron chi connectivity index (χ4n) is 1.74. The van der Waals surface area contributed by atoms with E-state index < -0.39 is 0 Å². The highest BCUT2D eigenvalue weighted by Crippen LogP contribution is 2.40. The average molecular weight is 409 g/mol. The third-order valence-corrected chi connectivity index (χ3v) is 5.37. The van der Waals surface area contributed by atoms with Crippen molar-refractivity contribution in [2.75, 3.05) is 0 Å². The highest BCUT2D eigenvalue weighted by molar-refractivity contribution is 9.11. The molecule has 0 saturated carbocycles.